The second-order valence-electron chi connectivity index (χ2n) is 3.81. The molecule has 0 bridgehead atoms. The molecule has 0 radical (unpaired) electrons. The topological polar surface area (TPSA) is 51.5 Å². The first-order valence-electron chi connectivity index (χ1n) is 5.61. The number of rotatable bonds is 5. The second kappa shape index (κ2) is 6.51. The molecule has 0 aliphatic rings. The van der Waals surface area contributed by atoms with Crippen LogP contribution in [-0.4, -0.2) is 12.5 Å². The zero-order valence-electron chi connectivity index (χ0n) is 10.1. The molecule has 20 heavy (non-hydrogen) atoms. The Bertz CT molecular complexity index is 584. The Labute approximate surface area is 121 Å². The number of hydrogen-bond acceptors (Lipinski definition) is 3. The molecule has 0 spiro atoms. The molecule has 106 valence electrons. The average molecular weight is 346 g/mol. The summed E-state index contributed by atoms with van der Waals surface area (Å²) >= 11 is 3.11. The predicted octanol–water partition coefficient (Wildman–Crippen LogP) is 3.57. The van der Waals surface area contributed by atoms with Gasteiger partial charge >= 0.3 is 6.61 Å². The zero-order chi connectivity index (χ0) is 14.5. The van der Waals surface area contributed by atoms with Crippen molar-refractivity contribution in [2.45, 2.75) is 13.2 Å². The van der Waals surface area contributed by atoms with Crippen LogP contribution in [0.4, 0.5) is 8.78 Å². The highest BCUT2D eigenvalue weighted by Crippen LogP contribution is 2.18. The first-order valence-corrected chi connectivity index (χ1v) is 6.40. The molecule has 0 atom stereocenters. The van der Waals surface area contributed by atoms with E-state index in [2.05, 4.69) is 26.0 Å². The number of halogens is 3. The molecule has 2 rings (SSSR count). The van der Waals surface area contributed by atoms with E-state index in [1.54, 1.807) is 18.2 Å². The number of ether oxygens (including phenoxy) is 1. The van der Waals surface area contributed by atoms with Crippen LogP contribution in [0.2, 0.25) is 0 Å². The summed E-state index contributed by atoms with van der Waals surface area (Å²) < 4.78 is 33.5. The van der Waals surface area contributed by atoms with Crippen molar-refractivity contribution < 1.29 is 22.7 Å². The van der Waals surface area contributed by atoms with Gasteiger partial charge in [-0.15, -0.1) is 0 Å². The van der Waals surface area contributed by atoms with Crippen molar-refractivity contribution >= 4 is 21.8 Å². The standard InChI is InChI=1S/C13H10BrF2NO3/c14-11-10(5-6-19-11)12(18)17-7-8-1-3-9(4-2-8)20-13(15)16/h1-6,13H,7H2,(H,17,18). The van der Waals surface area contributed by atoms with Gasteiger partial charge in [-0.25, -0.2) is 0 Å². The minimum Gasteiger partial charge on any atom is -0.457 e. The average Bonchev–Trinajstić information content (AvgIpc) is 2.83. The molecular formula is C13H10BrF2NO3. The number of nitrogens with one attached hydrogen (secondary N) is 1. The maximum absolute atomic E-state index is 12.0. The summed E-state index contributed by atoms with van der Waals surface area (Å²) in [6.07, 6.45) is 1.40. The summed E-state index contributed by atoms with van der Waals surface area (Å²) in [6, 6.07) is 7.58. The lowest BCUT2D eigenvalue weighted by atomic mass is 10.2. The van der Waals surface area contributed by atoms with E-state index in [0.29, 0.717) is 10.2 Å². The number of amides is 1. The molecule has 1 aromatic carbocycles. The molecular weight excluding hydrogens is 336 g/mol. The van der Waals surface area contributed by atoms with Crippen LogP contribution < -0.4 is 10.1 Å². The van der Waals surface area contributed by atoms with Crippen molar-refractivity contribution in [1.29, 1.82) is 0 Å². The van der Waals surface area contributed by atoms with E-state index < -0.39 is 6.61 Å². The van der Waals surface area contributed by atoms with Gasteiger partial charge in [0.15, 0.2) is 4.67 Å². The van der Waals surface area contributed by atoms with E-state index in [0.717, 1.165) is 5.56 Å². The molecule has 1 amide bonds. The van der Waals surface area contributed by atoms with E-state index in [1.807, 2.05) is 0 Å². The summed E-state index contributed by atoms with van der Waals surface area (Å²) in [6.45, 7) is -2.58. The van der Waals surface area contributed by atoms with Crippen LogP contribution in [0.5, 0.6) is 5.75 Å². The molecule has 0 fully saturated rings. The molecule has 0 aliphatic carbocycles. The Morgan fingerprint density at radius 1 is 1.30 bits per heavy atom. The normalized spacial score (nSPS) is 10.6. The van der Waals surface area contributed by atoms with Crippen LogP contribution in [0, 0.1) is 0 Å². The fraction of sp³-hybridized carbons (Fsp3) is 0.154. The molecule has 1 aromatic heterocycles. The molecule has 0 saturated heterocycles. The summed E-state index contributed by atoms with van der Waals surface area (Å²) in [4.78, 5) is 11.8. The third kappa shape index (κ3) is 3.80. The van der Waals surface area contributed by atoms with Gasteiger partial charge in [-0.05, 0) is 39.7 Å². The zero-order valence-corrected chi connectivity index (χ0v) is 11.7. The number of carbonyl (C=O) groups excluding carboxylic acids is 1. The summed E-state index contributed by atoms with van der Waals surface area (Å²) in [5, 5.41) is 2.68. The van der Waals surface area contributed by atoms with Crippen molar-refractivity contribution in [2.24, 2.45) is 0 Å². The molecule has 1 N–H and O–H groups in total. The number of benzene rings is 1. The Kier molecular flexibility index (Phi) is 4.73. The molecule has 4 nitrogen and oxygen atoms in total. The van der Waals surface area contributed by atoms with E-state index in [-0.39, 0.29) is 18.2 Å². The maximum atomic E-state index is 12.0. The third-order valence-electron chi connectivity index (χ3n) is 2.46. The van der Waals surface area contributed by atoms with E-state index in [4.69, 9.17) is 4.42 Å². The predicted molar refractivity (Wildman–Crippen MR) is 70.7 cm³/mol. The van der Waals surface area contributed by atoms with Gasteiger partial charge in [-0.3, -0.25) is 4.79 Å². The Hall–Kier alpha value is -1.89. The number of furan rings is 1. The van der Waals surface area contributed by atoms with Gasteiger partial charge in [0.1, 0.15) is 5.75 Å². The van der Waals surface area contributed by atoms with Gasteiger partial charge in [0.25, 0.3) is 5.91 Å². The molecule has 1 heterocycles. The number of alkyl halides is 2. The Balaban J connectivity index is 1.91. The monoisotopic (exact) mass is 345 g/mol. The van der Waals surface area contributed by atoms with E-state index in [1.165, 1.54) is 18.4 Å². The van der Waals surface area contributed by atoms with Crippen molar-refractivity contribution in [3.63, 3.8) is 0 Å². The van der Waals surface area contributed by atoms with Crippen LogP contribution >= 0.6 is 15.9 Å². The highest BCUT2D eigenvalue weighted by Gasteiger charge is 2.12. The lowest BCUT2D eigenvalue weighted by molar-refractivity contribution is -0.0498. The van der Waals surface area contributed by atoms with E-state index in [9.17, 15) is 13.6 Å². The minimum atomic E-state index is -2.85. The smallest absolute Gasteiger partial charge is 0.387 e. The van der Waals surface area contributed by atoms with Gasteiger partial charge in [-0.1, -0.05) is 12.1 Å². The first kappa shape index (κ1) is 14.5. The van der Waals surface area contributed by atoms with Crippen LogP contribution in [-0.2, 0) is 6.54 Å². The molecule has 0 aliphatic heterocycles. The Morgan fingerprint density at radius 2 is 2.00 bits per heavy atom. The van der Waals surface area contributed by atoms with Crippen LogP contribution in [0.1, 0.15) is 15.9 Å². The first-order chi connectivity index (χ1) is 9.56. The highest BCUT2D eigenvalue weighted by atomic mass is 79.9. The third-order valence-corrected chi connectivity index (χ3v) is 3.08. The van der Waals surface area contributed by atoms with Gasteiger partial charge in [-0.2, -0.15) is 8.78 Å². The SMILES string of the molecule is O=C(NCc1ccc(OC(F)F)cc1)c1ccoc1Br. The van der Waals surface area contributed by atoms with Crippen LogP contribution in [0.25, 0.3) is 0 Å². The summed E-state index contributed by atoms with van der Waals surface area (Å²) in [7, 11) is 0. The van der Waals surface area contributed by atoms with Gasteiger partial charge < -0.3 is 14.5 Å². The second-order valence-corrected chi connectivity index (χ2v) is 4.53. The fourth-order valence-electron chi connectivity index (χ4n) is 1.52. The van der Waals surface area contributed by atoms with Crippen LogP contribution in [0.15, 0.2) is 45.7 Å². The summed E-state index contributed by atoms with van der Waals surface area (Å²) in [5.41, 5.74) is 1.15. The lowest BCUT2D eigenvalue weighted by Gasteiger charge is -2.07. The molecule has 7 heteroatoms. The molecule has 0 saturated carbocycles. The van der Waals surface area contributed by atoms with E-state index >= 15 is 0 Å². The van der Waals surface area contributed by atoms with Gasteiger partial charge in [0.2, 0.25) is 0 Å². The lowest BCUT2D eigenvalue weighted by Crippen LogP contribution is -2.22. The largest absolute Gasteiger partial charge is 0.457 e. The number of hydrogen-bond donors (Lipinski definition) is 1. The quantitative estimate of drug-likeness (QED) is 0.901. The molecule has 2 aromatic rings. The van der Waals surface area contributed by atoms with Crippen molar-refractivity contribution in [3.05, 3.63) is 52.4 Å². The van der Waals surface area contributed by atoms with Crippen molar-refractivity contribution in [3.8, 4) is 5.75 Å². The van der Waals surface area contributed by atoms with Gasteiger partial charge in [0.05, 0.1) is 11.8 Å². The highest BCUT2D eigenvalue weighted by molar-refractivity contribution is 9.10. The van der Waals surface area contributed by atoms with Crippen molar-refractivity contribution in [1.82, 2.24) is 5.32 Å². The number of carbonyl (C=O) groups is 1. The van der Waals surface area contributed by atoms with Gasteiger partial charge in [0, 0.05) is 6.54 Å². The maximum Gasteiger partial charge on any atom is 0.387 e. The molecule has 0 unspecified atom stereocenters. The van der Waals surface area contributed by atoms with Crippen LogP contribution in [0.3, 0.4) is 0 Å². The minimum absolute atomic E-state index is 0.0765. The Morgan fingerprint density at radius 3 is 2.55 bits per heavy atom. The van der Waals surface area contributed by atoms with Crippen molar-refractivity contribution in [2.75, 3.05) is 0 Å². The summed E-state index contributed by atoms with van der Waals surface area (Å²) in [5.74, 6) is -0.216. The fourth-order valence-corrected chi connectivity index (χ4v) is 1.94.